The summed E-state index contributed by atoms with van der Waals surface area (Å²) in [6, 6.07) is 4.17. The van der Waals surface area contributed by atoms with Crippen LogP contribution in [-0.2, 0) is 6.54 Å². The fourth-order valence-corrected chi connectivity index (χ4v) is 3.54. The molecule has 3 heterocycles. The lowest BCUT2D eigenvalue weighted by atomic mass is 9.91. The van der Waals surface area contributed by atoms with E-state index in [9.17, 15) is 0 Å². The van der Waals surface area contributed by atoms with Crippen molar-refractivity contribution >= 4 is 11.3 Å². The number of piperidine rings is 1. The van der Waals surface area contributed by atoms with Crippen LogP contribution in [0.4, 0.5) is 0 Å². The summed E-state index contributed by atoms with van der Waals surface area (Å²) in [4.78, 5) is 7.13. The zero-order valence-corrected chi connectivity index (χ0v) is 12.6. The van der Waals surface area contributed by atoms with E-state index in [-0.39, 0.29) is 0 Å². The van der Waals surface area contributed by atoms with Crippen LogP contribution in [0.15, 0.2) is 28.2 Å². The molecule has 1 aliphatic heterocycles. The monoisotopic (exact) mass is 291 g/mol. The van der Waals surface area contributed by atoms with Gasteiger partial charge in [0.25, 0.3) is 0 Å². The van der Waals surface area contributed by atoms with Gasteiger partial charge in [-0.1, -0.05) is 0 Å². The smallest absolute Gasteiger partial charge is 0.162 e. The van der Waals surface area contributed by atoms with Crippen LogP contribution in [0.2, 0.25) is 0 Å². The highest BCUT2D eigenvalue weighted by molar-refractivity contribution is 7.13. The number of nitrogens with zero attached hydrogens (tertiary/aromatic N) is 2. The maximum absolute atomic E-state index is 5.98. The van der Waals surface area contributed by atoms with Gasteiger partial charge in [0.1, 0.15) is 0 Å². The zero-order chi connectivity index (χ0) is 13.9. The molecule has 108 valence electrons. The van der Waals surface area contributed by atoms with Gasteiger partial charge in [-0.05, 0) is 50.9 Å². The van der Waals surface area contributed by atoms with Crippen LogP contribution in [0.5, 0.6) is 0 Å². The van der Waals surface area contributed by atoms with Crippen molar-refractivity contribution in [2.75, 3.05) is 13.1 Å². The minimum Gasteiger partial charge on any atom is -0.462 e. The van der Waals surface area contributed by atoms with Crippen molar-refractivity contribution in [3.05, 3.63) is 29.5 Å². The van der Waals surface area contributed by atoms with Crippen molar-refractivity contribution in [3.63, 3.8) is 0 Å². The molecule has 1 aliphatic rings. The molecule has 1 atom stereocenters. The Morgan fingerprint density at radius 3 is 2.95 bits per heavy atom. The highest BCUT2D eigenvalue weighted by Gasteiger charge is 2.22. The van der Waals surface area contributed by atoms with E-state index in [1.54, 1.807) is 17.6 Å². The lowest BCUT2D eigenvalue weighted by molar-refractivity contribution is 0.164. The first-order chi connectivity index (χ1) is 9.72. The standard InChI is InChI=1S/C15H21N3OS/c1-11(16)12-4-6-18(7-5-12)9-13-10-20-15(17-13)14-3-2-8-19-14/h2-3,8,10-12H,4-7,9,16H2,1H3. The van der Waals surface area contributed by atoms with Crippen molar-refractivity contribution in [1.29, 1.82) is 0 Å². The summed E-state index contributed by atoms with van der Waals surface area (Å²) in [6.45, 7) is 5.30. The molecule has 0 bridgehead atoms. The molecule has 0 saturated carbocycles. The minimum absolute atomic E-state index is 0.321. The molecule has 2 aromatic heterocycles. The highest BCUT2D eigenvalue weighted by atomic mass is 32.1. The summed E-state index contributed by atoms with van der Waals surface area (Å²) in [6.07, 6.45) is 4.09. The Bertz CT molecular complexity index is 527. The molecule has 2 N–H and O–H groups in total. The second-order valence-electron chi connectivity index (χ2n) is 5.59. The van der Waals surface area contributed by atoms with E-state index in [2.05, 4.69) is 22.2 Å². The molecular weight excluding hydrogens is 270 g/mol. The van der Waals surface area contributed by atoms with Crippen LogP contribution in [0.3, 0.4) is 0 Å². The third-order valence-electron chi connectivity index (χ3n) is 4.05. The van der Waals surface area contributed by atoms with Gasteiger partial charge in [0, 0.05) is 18.0 Å². The number of hydrogen-bond acceptors (Lipinski definition) is 5. The Kier molecular flexibility index (Phi) is 4.19. The zero-order valence-electron chi connectivity index (χ0n) is 11.8. The quantitative estimate of drug-likeness (QED) is 0.941. The second kappa shape index (κ2) is 6.08. The average molecular weight is 291 g/mol. The van der Waals surface area contributed by atoms with E-state index in [1.165, 1.54) is 12.8 Å². The Morgan fingerprint density at radius 2 is 2.30 bits per heavy atom. The summed E-state index contributed by atoms with van der Waals surface area (Å²) in [5.41, 5.74) is 7.12. The fraction of sp³-hybridized carbons (Fsp3) is 0.533. The van der Waals surface area contributed by atoms with Gasteiger partial charge < -0.3 is 10.2 Å². The Hall–Kier alpha value is -1.17. The largest absolute Gasteiger partial charge is 0.462 e. The van der Waals surface area contributed by atoms with Crippen molar-refractivity contribution in [2.45, 2.75) is 32.4 Å². The normalized spacial score (nSPS) is 19.3. The Balaban J connectivity index is 1.57. The van der Waals surface area contributed by atoms with E-state index in [0.717, 1.165) is 36.1 Å². The van der Waals surface area contributed by atoms with E-state index in [1.807, 2.05) is 12.1 Å². The lowest BCUT2D eigenvalue weighted by Crippen LogP contribution is -2.39. The van der Waals surface area contributed by atoms with E-state index in [4.69, 9.17) is 10.2 Å². The van der Waals surface area contributed by atoms with Crippen molar-refractivity contribution in [2.24, 2.45) is 11.7 Å². The van der Waals surface area contributed by atoms with Gasteiger partial charge >= 0.3 is 0 Å². The van der Waals surface area contributed by atoms with Crippen LogP contribution in [0.25, 0.3) is 10.8 Å². The third-order valence-corrected chi connectivity index (χ3v) is 4.95. The summed E-state index contributed by atoms with van der Waals surface area (Å²) in [7, 11) is 0. The summed E-state index contributed by atoms with van der Waals surface area (Å²) in [5, 5.41) is 3.10. The molecule has 0 aliphatic carbocycles. The highest BCUT2D eigenvalue weighted by Crippen LogP contribution is 2.26. The van der Waals surface area contributed by atoms with Gasteiger partial charge in [0.15, 0.2) is 10.8 Å². The number of aromatic nitrogens is 1. The number of thiazole rings is 1. The summed E-state index contributed by atoms with van der Waals surface area (Å²) in [5.74, 6) is 1.54. The maximum atomic E-state index is 5.98. The van der Waals surface area contributed by atoms with Crippen LogP contribution in [-0.4, -0.2) is 29.0 Å². The number of likely N-dealkylation sites (tertiary alicyclic amines) is 1. The Morgan fingerprint density at radius 1 is 1.50 bits per heavy atom. The van der Waals surface area contributed by atoms with Gasteiger partial charge in [-0.2, -0.15) is 0 Å². The molecule has 20 heavy (non-hydrogen) atoms. The molecule has 1 fully saturated rings. The minimum atomic E-state index is 0.321. The predicted molar refractivity (Wildman–Crippen MR) is 81.5 cm³/mol. The molecule has 0 aromatic carbocycles. The first-order valence-electron chi connectivity index (χ1n) is 7.18. The predicted octanol–water partition coefficient (Wildman–Crippen LogP) is 2.96. The molecule has 0 amide bonds. The van der Waals surface area contributed by atoms with E-state index in [0.29, 0.717) is 12.0 Å². The molecule has 1 unspecified atom stereocenters. The Labute approximate surface area is 123 Å². The van der Waals surface area contributed by atoms with Crippen LogP contribution in [0.1, 0.15) is 25.5 Å². The van der Waals surface area contributed by atoms with Gasteiger partial charge in [0.2, 0.25) is 0 Å². The number of hydrogen-bond donors (Lipinski definition) is 1. The molecule has 0 spiro atoms. The maximum Gasteiger partial charge on any atom is 0.162 e. The molecule has 4 nitrogen and oxygen atoms in total. The summed E-state index contributed by atoms with van der Waals surface area (Å²) >= 11 is 1.65. The van der Waals surface area contributed by atoms with Gasteiger partial charge in [-0.3, -0.25) is 4.90 Å². The van der Waals surface area contributed by atoms with Gasteiger partial charge in [0.05, 0.1) is 12.0 Å². The number of nitrogens with two attached hydrogens (primary N) is 1. The second-order valence-corrected chi connectivity index (χ2v) is 6.45. The first kappa shape index (κ1) is 13.8. The molecule has 2 aromatic rings. The first-order valence-corrected chi connectivity index (χ1v) is 8.06. The molecular formula is C15H21N3OS. The third kappa shape index (κ3) is 3.11. The van der Waals surface area contributed by atoms with E-state index >= 15 is 0 Å². The summed E-state index contributed by atoms with van der Waals surface area (Å²) < 4.78 is 5.38. The van der Waals surface area contributed by atoms with Gasteiger partial charge in [-0.15, -0.1) is 11.3 Å². The molecule has 1 saturated heterocycles. The topological polar surface area (TPSA) is 55.3 Å². The number of rotatable bonds is 4. The van der Waals surface area contributed by atoms with Gasteiger partial charge in [-0.25, -0.2) is 4.98 Å². The van der Waals surface area contributed by atoms with Crippen molar-refractivity contribution < 1.29 is 4.42 Å². The van der Waals surface area contributed by atoms with Crippen LogP contribution >= 0.6 is 11.3 Å². The molecule has 3 rings (SSSR count). The SMILES string of the molecule is CC(N)C1CCN(Cc2csc(-c3ccco3)n2)CC1. The van der Waals surface area contributed by atoms with Crippen molar-refractivity contribution in [3.8, 4) is 10.8 Å². The van der Waals surface area contributed by atoms with E-state index < -0.39 is 0 Å². The van der Waals surface area contributed by atoms with Crippen LogP contribution < -0.4 is 5.73 Å². The van der Waals surface area contributed by atoms with Crippen LogP contribution in [0, 0.1) is 5.92 Å². The average Bonchev–Trinajstić information content (AvgIpc) is 3.09. The fourth-order valence-electron chi connectivity index (χ4n) is 2.76. The molecule has 5 heteroatoms. The molecule has 0 radical (unpaired) electrons. The van der Waals surface area contributed by atoms with Crippen molar-refractivity contribution in [1.82, 2.24) is 9.88 Å². The lowest BCUT2D eigenvalue weighted by Gasteiger charge is -2.33. The number of furan rings is 1.